The van der Waals surface area contributed by atoms with E-state index in [1.165, 1.54) is 28.8 Å². The molecule has 0 unspecified atom stereocenters. The first-order valence-corrected chi connectivity index (χ1v) is 8.83. The summed E-state index contributed by atoms with van der Waals surface area (Å²) in [6, 6.07) is 14.9. The molecule has 1 saturated carbocycles. The number of carbonyl (C=O) groups is 1. The molecule has 0 saturated heterocycles. The van der Waals surface area contributed by atoms with E-state index in [1.54, 1.807) is 12.1 Å². The number of fused-ring (bicyclic) bond motifs is 3. The Morgan fingerprint density at radius 3 is 2.76 bits per heavy atom. The number of aromatic nitrogens is 1. The van der Waals surface area contributed by atoms with Crippen LogP contribution in [0.1, 0.15) is 29.2 Å². The van der Waals surface area contributed by atoms with Crippen molar-refractivity contribution in [3.63, 3.8) is 0 Å². The van der Waals surface area contributed by atoms with Gasteiger partial charge in [0.05, 0.1) is 0 Å². The normalized spacial score (nSPS) is 22.0. The van der Waals surface area contributed by atoms with Gasteiger partial charge >= 0.3 is 0 Å². The fourth-order valence-corrected chi connectivity index (χ4v) is 4.14. The summed E-state index contributed by atoms with van der Waals surface area (Å²) in [6.07, 6.45) is 1.76. The Balaban J connectivity index is 1.35. The second-order valence-corrected chi connectivity index (χ2v) is 7.14. The first-order chi connectivity index (χ1) is 12.2. The number of carbonyl (C=O) groups excluding carboxylic acids is 1. The van der Waals surface area contributed by atoms with Crippen molar-refractivity contribution in [1.29, 1.82) is 0 Å². The van der Waals surface area contributed by atoms with Crippen molar-refractivity contribution in [2.24, 2.45) is 5.92 Å². The lowest BCUT2D eigenvalue weighted by Crippen LogP contribution is -2.37. The van der Waals surface area contributed by atoms with Gasteiger partial charge in [0.2, 0.25) is 5.91 Å². The average Bonchev–Trinajstić information content (AvgIpc) is 3.35. The van der Waals surface area contributed by atoms with Crippen LogP contribution < -0.4 is 0 Å². The van der Waals surface area contributed by atoms with Crippen LogP contribution >= 0.6 is 0 Å². The lowest BCUT2D eigenvalue weighted by Gasteiger charge is -2.27. The van der Waals surface area contributed by atoms with Gasteiger partial charge in [0.25, 0.3) is 0 Å². The van der Waals surface area contributed by atoms with Gasteiger partial charge in [0, 0.05) is 47.6 Å². The molecular formula is C21H19FN2O. The Morgan fingerprint density at radius 1 is 1.12 bits per heavy atom. The van der Waals surface area contributed by atoms with Crippen molar-refractivity contribution in [1.82, 2.24) is 9.88 Å². The molecule has 1 amide bonds. The molecule has 1 N–H and O–H groups in total. The Labute approximate surface area is 145 Å². The second kappa shape index (κ2) is 5.45. The van der Waals surface area contributed by atoms with Crippen molar-refractivity contribution in [2.75, 3.05) is 6.54 Å². The molecule has 5 rings (SSSR count). The maximum Gasteiger partial charge on any atom is 0.226 e. The highest BCUT2D eigenvalue weighted by molar-refractivity contribution is 5.87. The minimum absolute atomic E-state index is 0.0530. The summed E-state index contributed by atoms with van der Waals surface area (Å²) < 4.78 is 13.1. The summed E-state index contributed by atoms with van der Waals surface area (Å²) in [5, 5.41) is 1.22. The van der Waals surface area contributed by atoms with E-state index in [9.17, 15) is 9.18 Å². The number of benzene rings is 2. The molecular weight excluding hydrogens is 315 g/mol. The van der Waals surface area contributed by atoms with Gasteiger partial charge in [-0.2, -0.15) is 0 Å². The van der Waals surface area contributed by atoms with Crippen LogP contribution in [0.3, 0.4) is 0 Å². The number of H-pyrrole nitrogens is 1. The quantitative estimate of drug-likeness (QED) is 0.756. The highest BCUT2D eigenvalue weighted by Crippen LogP contribution is 2.49. The monoisotopic (exact) mass is 334 g/mol. The average molecular weight is 334 g/mol. The molecule has 2 atom stereocenters. The SMILES string of the molecule is O=C([C@H]1C[C@@H]1c1ccc(F)cc1)N1CCc2[nH]c3ccccc3c2C1. The molecule has 3 nitrogen and oxygen atoms in total. The summed E-state index contributed by atoms with van der Waals surface area (Å²) in [5.41, 5.74) is 4.74. The lowest BCUT2D eigenvalue weighted by molar-refractivity contribution is -0.133. The van der Waals surface area contributed by atoms with Gasteiger partial charge in [-0.15, -0.1) is 0 Å². The number of hydrogen-bond acceptors (Lipinski definition) is 1. The molecule has 0 bridgehead atoms. The van der Waals surface area contributed by atoms with Crippen molar-refractivity contribution in [3.05, 3.63) is 71.2 Å². The van der Waals surface area contributed by atoms with E-state index >= 15 is 0 Å². The Morgan fingerprint density at radius 2 is 1.92 bits per heavy atom. The number of halogens is 1. The first-order valence-electron chi connectivity index (χ1n) is 8.83. The van der Waals surface area contributed by atoms with E-state index in [2.05, 4.69) is 17.1 Å². The number of rotatable bonds is 2. The maximum absolute atomic E-state index is 13.1. The lowest BCUT2D eigenvalue weighted by atomic mass is 10.0. The van der Waals surface area contributed by atoms with Crippen LogP contribution in [-0.4, -0.2) is 22.3 Å². The third-order valence-electron chi connectivity index (χ3n) is 5.60. The third-order valence-corrected chi connectivity index (χ3v) is 5.60. The van der Waals surface area contributed by atoms with Gasteiger partial charge < -0.3 is 9.88 Å². The zero-order valence-electron chi connectivity index (χ0n) is 13.8. The van der Waals surface area contributed by atoms with Crippen LogP contribution in [-0.2, 0) is 17.8 Å². The Hall–Kier alpha value is -2.62. The summed E-state index contributed by atoms with van der Waals surface area (Å²) >= 11 is 0. The molecule has 0 spiro atoms. The van der Waals surface area contributed by atoms with Crippen molar-refractivity contribution in [3.8, 4) is 0 Å². The topological polar surface area (TPSA) is 36.1 Å². The summed E-state index contributed by atoms with van der Waals surface area (Å²) in [5.74, 6) is 0.315. The van der Waals surface area contributed by atoms with Gasteiger partial charge in [0.15, 0.2) is 0 Å². The molecule has 1 aromatic heterocycles. The van der Waals surface area contributed by atoms with E-state index in [1.807, 2.05) is 17.0 Å². The summed E-state index contributed by atoms with van der Waals surface area (Å²) in [4.78, 5) is 18.4. The molecule has 1 aliphatic heterocycles. The van der Waals surface area contributed by atoms with Crippen LogP contribution in [0, 0.1) is 11.7 Å². The van der Waals surface area contributed by atoms with Gasteiger partial charge in [-0.3, -0.25) is 4.79 Å². The van der Waals surface area contributed by atoms with E-state index in [0.29, 0.717) is 6.54 Å². The number of amides is 1. The van der Waals surface area contributed by atoms with E-state index in [0.717, 1.165) is 30.5 Å². The molecule has 1 fully saturated rings. The van der Waals surface area contributed by atoms with E-state index in [-0.39, 0.29) is 23.6 Å². The van der Waals surface area contributed by atoms with Crippen LogP contribution in [0.2, 0.25) is 0 Å². The zero-order valence-corrected chi connectivity index (χ0v) is 13.8. The van der Waals surface area contributed by atoms with Gasteiger partial charge in [0.1, 0.15) is 5.82 Å². The highest BCUT2D eigenvalue weighted by atomic mass is 19.1. The van der Waals surface area contributed by atoms with Crippen molar-refractivity contribution in [2.45, 2.75) is 25.3 Å². The fourth-order valence-electron chi connectivity index (χ4n) is 4.14. The third kappa shape index (κ3) is 2.44. The zero-order chi connectivity index (χ0) is 17.0. The number of nitrogens with one attached hydrogen (secondary N) is 1. The largest absolute Gasteiger partial charge is 0.358 e. The van der Waals surface area contributed by atoms with Gasteiger partial charge in [-0.25, -0.2) is 4.39 Å². The van der Waals surface area contributed by atoms with Crippen molar-refractivity contribution >= 4 is 16.8 Å². The molecule has 126 valence electrons. The van der Waals surface area contributed by atoms with Gasteiger partial charge in [-0.05, 0) is 36.1 Å². The molecule has 0 radical (unpaired) electrons. The minimum atomic E-state index is -0.227. The number of aromatic amines is 1. The van der Waals surface area contributed by atoms with Gasteiger partial charge in [-0.1, -0.05) is 30.3 Å². The molecule has 2 aromatic carbocycles. The summed E-state index contributed by atoms with van der Waals surface area (Å²) in [6.45, 7) is 1.45. The highest BCUT2D eigenvalue weighted by Gasteiger charge is 2.46. The molecule has 2 heterocycles. The number of hydrogen-bond donors (Lipinski definition) is 1. The molecule has 3 aromatic rings. The first kappa shape index (κ1) is 14.7. The molecule has 4 heteroatoms. The number of para-hydroxylation sites is 1. The van der Waals surface area contributed by atoms with E-state index < -0.39 is 0 Å². The smallest absolute Gasteiger partial charge is 0.226 e. The maximum atomic E-state index is 13.1. The predicted molar refractivity (Wildman–Crippen MR) is 94.7 cm³/mol. The predicted octanol–water partition coefficient (Wildman–Crippen LogP) is 4.00. The van der Waals surface area contributed by atoms with Crippen molar-refractivity contribution < 1.29 is 9.18 Å². The fraction of sp³-hybridized carbons (Fsp3) is 0.286. The van der Waals surface area contributed by atoms with Crippen LogP contribution in [0.5, 0.6) is 0 Å². The molecule has 2 aliphatic rings. The number of nitrogens with zero attached hydrogens (tertiary/aromatic N) is 1. The van der Waals surface area contributed by atoms with Crippen LogP contribution in [0.15, 0.2) is 48.5 Å². The Kier molecular flexibility index (Phi) is 3.20. The van der Waals surface area contributed by atoms with E-state index in [4.69, 9.17) is 0 Å². The standard InChI is InChI=1S/C21H19FN2O/c22-14-7-5-13(6-8-14)16-11-17(16)21(25)24-10-9-20-18(12-24)15-3-1-2-4-19(15)23-20/h1-8,16-17,23H,9-12H2/t16-,17+/m1/s1. The van der Waals surface area contributed by atoms with Crippen LogP contribution in [0.4, 0.5) is 4.39 Å². The summed E-state index contributed by atoms with van der Waals surface area (Å²) in [7, 11) is 0. The second-order valence-electron chi connectivity index (χ2n) is 7.14. The molecule has 25 heavy (non-hydrogen) atoms. The minimum Gasteiger partial charge on any atom is -0.358 e. The molecule has 1 aliphatic carbocycles. The van der Waals surface area contributed by atoms with Crippen LogP contribution in [0.25, 0.3) is 10.9 Å². The Bertz CT molecular complexity index is 960.